The second kappa shape index (κ2) is 15.4. The molecule has 12 nitrogen and oxygen atoms in total. The first kappa shape index (κ1) is 37.6. The van der Waals surface area contributed by atoms with Crippen LogP contribution in [-0.4, -0.2) is 97.5 Å². The Kier molecular flexibility index (Phi) is 11.2. The fourth-order valence-electron chi connectivity index (χ4n) is 9.67. The van der Waals surface area contributed by atoms with Gasteiger partial charge in [0, 0.05) is 76.3 Å². The second-order valence-electron chi connectivity index (χ2n) is 15.6. The minimum Gasteiger partial charge on any atom is -0.493 e. The molecular formula is C40H54N2O10+2. The van der Waals surface area contributed by atoms with Gasteiger partial charge in [-0.2, -0.15) is 0 Å². The number of fused-ring (bicyclic) bond motifs is 4. The zero-order valence-corrected chi connectivity index (χ0v) is 31.4. The van der Waals surface area contributed by atoms with Crippen molar-refractivity contribution < 1.29 is 56.6 Å². The first-order chi connectivity index (χ1) is 24.8. The van der Waals surface area contributed by atoms with Gasteiger partial charge in [-0.1, -0.05) is 0 Å². The number of quaternary nitrogens is 2. The van der Waals surface area contributed by atoms with Crippen LogP contribution in [-0.2, 0) is 41.7 Å². The zero-order chi connectivity index (χ0) is 37.2. The fraction of sp³-hybridized carbons (Fsp3) is 0.600. The van der Waals surface area contributed by atoms with Gasteiger partial charge in [0.1, 0.15) is 25.3 Å². The Labute approximate surface area is 306 Å². The summed E-state index contributed by atoms with van der Waals surface area (Å²) in [5, 5.41) is 0. The lowest BCUT2D eigenvalue weighted by atomic mass is 9.95. The Morgan fingerprint density at radius 3 is 1.23 bits per heavy atom. The number of hydrogen-bond donors (Lipinski definition) is 0. The highest BCUT2D eigenvalue weighted by atomic mass is 16.6. The molecule has 4 saturated heterocycles. The maximum absolute atomic E-state index is 12.9. The van der Waals surface area contributed by atoms with E-state index in [0.717, 1.165) is 84.5 Å². The van der Waals surface area contributed by atoms with Crippen LogP contribution in [0.5, 0.6) is 23.0 Å². The Morgan fingerprint density at radius 2 is 0.923 bits per heavy atom. The maximum Gasteiger partial charge on any atom is 0.308 e. The van der Waals surface area contributed by atoms with Crippen molar-refractivity contribution in [2.24, 2.45) is 0 Å². The van der Waals surface area contributed by atoms with Gasteiger partial charge in [0.15, 0.2) is 23.0 Å². The van der Waals surface area contributed by atoms with E-state index in [9.17, 15) is 19.2 Å². The van der Waals surface area contributed by atoms with Crippen LogP contribution in [0.2, 0.25) is 0 Å². The lowest BCUT2D eigenvalue weighted by molar-refractivity contribution is -0.961. The number of hydrogen-bond acceptors (Lipinski definition) is 10. The van der Waals surface area contributed by atoms with E-state index in [1.54, 1.807) is 26.4 Å². The number of ether oxygens (including phenoxy) is 6. The first-order valence-electron chi connectivity index (χ1n) is 18.6. The number of nitrogens with zero attached hydrogens (tertiary/aromatic N) is 2. The average molecular weight is 723 g/mol. The van der Waals surface area contributed by atoms with Gasteiger partial charge in [-0.25, -0.2) is 0 Å². The van der Waals surface area contributed by atoms with E-state index in [-0.39, 0.29) is 37.0 Å². The molecule has 6 rings (SSSR count). The Balaban J connectivity index is 0.957. The van der Waals surface area contributed by atoms with Crippen molar-refractivity contribution in [3.63, 3.8) is 0 Å². The maximum atomic E-state index is 12.9. The summed E-state index contributed by atoms with van der Waals surface area (Å²) in [5.74, 6) is 0.416. The molecule has 4 unspecified atom stereocenters. The number of benzene rings is 2. The normalized spacial score (nSPS) is 30.3. The lowest BCUT2D eigenvalue weighted by Crippen LogP contribution is -2.58. The minimum absolute atomic E-state index is 0.0177. The van der Waals surface area contributed by atoms with Crippen molar-refractivity contribution in [1.82, 2.24) is 0 Å². The van der Waals surface area contributed by atoms with Crippen LogP contribution < -0.4 is 18.9 Å². The molecule has 2 aromatic carbocycles. The van der Waals surface area contributed by atoms with Gasteiger partial charge in [-0.15, -0.1) is 0 Å². The topological polar surface area (TPSA) is 124 Å². The number of carbonyl (C=O) groups is 4. The van der Waals surface area contributed by atoms with Crippen molar-refractivity contribution >= 4 is 23.9 Å². The predicted molar refractivity (Wildman–Crippen MR) is 189 cm³/mol. The molecule has 0 radical (unpaired) electrons. The highest BCUT2D eigenvalue weighted by molar-refractivity contribution is 5.78. The third-order valence-corrected chi connectivity index (χ3v) is 12.3. The van der Waals surface area contributed by atoms with Crippen molar-refractivity contribution in [3.05, 3.63) is 47.5 Å². The zero-order valence-electron chi connectivity index (χ0n) is 31.4. The standard InChI is InChI=1S/C40H54N2O10/c1-25(43)49-35-13-7-27(17-37(35)47-5)23-41(3)29-9-10-30(41)20-33(19-29)51-39(45)15-16-40(46)52-34-21-31-11-12-32(22-34)42(31,4)24-28-8-14-36(50-26(2)44)38(18-28)48-6/h7-8,13-14,17-18,29-34H,9-12,15-16,19-24H2,1-6H3/q+2/t29-,30+,31-,32+,33?,34?,41?,42?. The predicted octanol–water partition coefficient (Wildman–Crippen LogP) is 5.40. The quantitative estimate of drug-likeness (QED) is 0.151. The molecule has 2 aromatic rings. The summed E-state index contributed by atoms with van der Waals surface area (Å²) >= 11 is 0. The summed E-state index contributed by atoms with van der Waals surface area (Å²) in [6.07, 6.45) is 7.16. The van der Waals surface area contributed by atoms with Crippen LogP contribution in [0.3, 0.4) is 0 Å². The summed E-state index contributed by atoms with van der Waals surface area (Å²) in [4.78, 5) is 48.8. The number of rotatable bonds is 13. The van der Waals surface area contributed by atoms with Gasteiger partial charge >= 0.3 is 23.9 Å². The van der Waals surface area contributed by atoms with Gasteiger partial charge < -0.3 is 37.4 Å². The Hall–Kier alpha value is -4.16. The molecule has 4 aliphatic rings. The van der Waals surface area contributed by atoms with Crippen LogP contribution in [0.4, 0.5) is 0 Å². The van der Waals surface area contributed by atoms with Gasteiger partial charge in [0.25, 0.3) is 0 Å². The van der Waals surface area contributed by atoms with Gasteiger partial charge in [0.05, 0.1) is 65.3 Å². The lowest BCUT2D eigenvalue weighted by Gasteiger charge is -2.47. The van der Waals surface area contributed by atoms with Crippen LogP contribution in [0, 0.1) is 0 Å². The molecule has 0 saturated carbocycles. The van der Waals surface area contributed by atoms with E-state index in [0.29, 0.717) is 47.2 Å². The van der Waals surface area contributed by atoms with Crippen molar-refractivity contribution in [3.8, 4) is 23.0 Å². The second-order valence-corrected chi connectivity index (χ2v) is 15.6. The van der Waals surface area contributed by atoms with Crippen LogP contribution in [0.1, 0.15) is 89.2 Å². The first-order valence-corrected chi connectivity index (χ1v) is 18.6. The molecule has 12 heteroatoms. The van der Waals surface area contributed by atoms with Crippen LogP contribution in [0.25, 0.3) is 0 Å². The van der Waals surface area contributed by atoms with Gasteiger partial charge in [-0.3, -0.25) is 19.2 Å². The molecule has 0 N–H and O–H groups in total. The third-order valence-electron chi connectivity index (χ3n) is 12.3. The van der Waals surface area contributed by atoms with Crippen molar-refractivity contribution in [2.45, 2.75) is 128 Å². The molecule has 8 atom stereocenters. The molecule has 4 bridgehead atoms. The van der Waals surface area contributed by atoms with Crippen molar-refractivity contribution in [2.75, 3.05) is 28.3 Å². The Morgan fingerprint density at radius 1 is 0.577 bits per heavy atom. The number of carbonyl (C=O) groups excluding carboxylic acids is 4. The molecule has 52 heavy (non-hydrogen) atoms. The molecule has 0 spiro atoms. The number of methoxy groups -OCH3 is 2. The number of esters is 4. The summed E-state index contributed by atoms with van der Waals surface area (Å²) in [6, 6.07) is 12.8. The third kappa shape index (κ3) is 8.07. The summed E-state index contributed by atoms with van der Waals surface area (Å²) in [7, 11) is 7.70. The minimum atomic E-state index is -0.392. The molecule has 0 aromatic heterocycles. The number of piperidine rings is 2. The molecule has 0 aliphatic carbocycles. The smallest absolute Gasteiger partial charge is 0.308 e. The summed E-state index contributed by atoms with van der Waals surface area (Å²) in [5.41, 5.74) is 2.20. The van der Waals surface area contributed by atoms with Crippen LogP contribution in [0.15, 0.2) is 36.4 Å². The summed E-state index contributed by atoms with van der Waals surface area (Å²) in [6.45, 7) is 4.35. The van der Waals surface area contributed by atoms with Gasteiger partial charge in [-0.05, 0) is 36.4 Å². The Bertz CT molecular complexity index is 1530. The van der Waals surface area contributed by atoms with E-state index in [1.165, 1.54) is 13.8 Å². The van der Waals surface area contributed by atoms with E-state index >= 15 is 0 Å². The SMILES string of the molecule is COc1cc(C[N+]2(C)[C@@H]3CC[C@H]2CC(OC(=O)CCC(=O)OC2C[C@H]4CC[C@@H](C2)[N+]4(C)Cc2ccc(OC(C)=O)c(OC)c2)C3)ccc1OC(C)=O. The summed E-state index contributed by atoms with van der Waals surface area (Å²) < 4.78 is 35.2. The largest absolute Gasteiger partial charge is 0.493 e. The monoisotopic (exact) mass is 722 g/mol. The molecule has 4 heterocycles. The van der Waals surface area contributed by atoms with Crippen LogP contribution >= 0.6 is 0 Å². The van der Waals surface area contributed by atoms with E-state index in [4.69, 9.17) is 28.4 Å². The molecule has 4 fully saturated rings. The van der Waals surface area contributed by atoms with E-state index in [1.807, 2.05) is 24.3 Å². The molecule has 0 amide bonds. The molecule has 4 aliphatic heterocycles. The highest BCUT2D eigenvalue weighted by Gasteiger charge is 2.53. The molecule has 282 valence electrons. The average Bonchev–Trinajstić information content (AvgIpc) is 3.32. The molecular weight excluding hydrogens is 668 g/mol. The fourth-order valence-corrected chi connectivity index (χ4v) is 9.67. The van der Waals surface area contributed by atoms with Crippen molar-refractivity contribution in [1.29, 1.82) is 0 Å². The highest BCUT2D eigenvalue weighted by Crippen LogP contribution is 2.46. The van der Waals surface area contributed by atoms with Gasteiger partial charge in [0.2, 0.25) is 0 Å². The van der Waals surface area contributed by atoms with E-state index in [2.05, 4.69) is 14.1 Å². The van der Waals surface area contributed by atoms with E-state index < -0.39 is 11.9 Å².